The van der Waals surface area contributed by atoms with Gasteiger partial charge in [0, 0.05) is 23.0 Å². The second kappa shape index (κ2) is 8.69. The van der Waals surface area contributed by atoms with E-state index in [1.807, 2.05) is 49.4 Å². The van der Waals surface area contributed by atoms with Crippen LogP contribution in [0.1, 0.15) is 42.5 Å². The van der Waals surface area contributed by atoms with Crippen molar-refractivity contribution in [2.24, 2.45) is 0 Å². The summed E-state index contributed by atoms with van der Waals surface area (Å²) >= 11 is 3.76. The van der Waals surface area contributed by atoms with Gasteiger partial charge >= 0.3 is 6.09 Å². The summed E-state index contributed by atoms with van der Waals surface area (Å²) in [6.07, 6.45) is 4.89. The zero-order valence-corrected chi connectivity index (χ0v) is 20.7. The van der Waals surface area contributed by atoms with E-state index in [4.69, 9.17) is 14.2 Å². The van der Waals surface area contributed by atoms with E-state index in [1.165, 1.54) is 11.1 Å². The van der Waals surface area contributed by atoms with E-state index in [2.05, 4.69) is 39.3 Å². The molecule has 1 spiro atoms. The van der Waals surface area contributed by atoms with Crippen LogP contribution in [0.2, 0.25) is 0 Å². The van der Waals surface area contributed by atoms with E-state index in [1.54, 1.807) is 7.11 Å². The van der Waals surface area contributed by atoms with Crippen LogP contribution in [-0.4, -0.2) is 43.9 Å². The molecule has 0 radical (unpaired) electrons. The molecule has 5 rings (SSSR count). The molecule has 0 bridgehead atoms. The molecule has 1 aliphatic carbocycles. The molecular formula is C26H29BrN2O4. The average Bonchev–Trinajstić information content (AvgIpc) is 3.06. The third-order valence-corrected chi connectivity index (χ3v) is 7.81. The first-order valence-corrected chi connectivity index (χ1v) is 12.2. The van der Waals surface area contributed by atoms with Crippen molar-refractivity contribution in [3.05, 3.63) is 69.7 Å². The second-order valence-electron chi connectivity index (χ2n) is 9.19. The predicted octanol–water partition coefficient (Wildman–Crippen LogP) is 5.11. The number of nitrogens with zero attached hydrogens (tertiary/aromatic N) is 1. The van der Waals surface area contributed by atoms with Crippen LogP contribution in [0.4, 0.5) is 4.79 Å². The fourth-order valence-electron chi connectivity index (χ4n) is 5.34. The largest absolute Gasteiger partial charge is 0.493 e. The standard InChI is InChI=1S/C26H29BrN2O4/c1-16(17-7-5-4-6-8-17)28-25(30)32-18-9-10-26-11-12-29(2)15-19-20(27)14-21(31-3)24(23(19)26)33-22(26)13-18/h4-10,14,16,18,22H,11-13,15H2,1-3H3,(H,28,30)/t16-,18+,22?,26?/m1/s1. The number of amides is 1. The van der Waals surface area contributed by atoms with E-state index in [0.717, 1.165) is 41.0 Å². The molecule has 0 aromatic heterocycles. The van der Waals surface area contributed by atoms with Crippen LogP contribution in [-0.2, 0) is 16.7 Å². The van der Waals surface area contributed by atoms with Crippen LogP contribution in [0.5, 0.6) is 11.5 Å². The van der Waals surface area contributed by atoms with Crippen LogP contribution >= 0.6 is 15.9 Å². The lowest BCUT2D eigenvalue weighted by atomic mass is 9.69. The highest BCUT2D eigenvalue weighted by Gasteiger charge is 2.53. The molecule has 0 saturated heterocycles. The molecule has 2 heterocycles. The Bertz CT molecular complexity index is 1090. The van der Waals surface area contributed by atoms with Crippen molar-refractivity contribution in [3.8, 4) is 11.5 Å². The third kappa shape index (κ3) is 3.91. The Labute approximate surface area is 203 Å². The summed E-state index contributed by atoms with van der Waals surface area (Å²) in [5, 5.41) is 2.94. The maximum absolute atomic E-state index is 12.6. The van der Waals surface area contributed by atoms with E-state index in [9.17, 15) is 4.79 Å². The second-order valence-corrected chi connectivity index (χ2v) is 10.0. The van der Waals surface area contributed by atoms with Crippen LogP contribution in [0.25, 0.3) is 0 Å². The highest BCUT2D eigenvalue weighted by Crippen LogP contribution is 2.57. The molecule has 0 fully saturated rings. The van der Waals surface area contributed by atoms with Crippen molar-refractivity contribution in [2.75, 3.05) is 20.7 Å². The minimum atomic E-state index is -0.422. The fourth-order valence-corrected chi connectivity index (χ4v) is 5.88. The van der Waals surface area contributed by atoms with Crippen molar-refractivity contribution >= 4 is 22.0 Å². The zero-order valence-electron chi connectivity index (χ0n) is 19.1. The van der Waals surface area contributed by atoms with Gasteiger partial charge < -0.3 is 24.4 Å². The zero-order chi connectivity index (χ0) is 23.2. The molecule has 7 heteroatoms. The predicted molar refractivity (Wildman–Crippen MR) is 130 cm³/mol. The van der Waals surface area contributed by atoms with E-state index >= 15 is 0 Å². The van der Waals surface area contributed by atoms with Crippen molar-refractivity contribution in [2.45, 2.75) is 50.0 Å². The molecule has 1 N–H and O–H groups in total. The summed E-state index contributed by atoms with van der Waals surface area (Å²) in [6.45, 7) is 3.75. The average molecular weight is 513 g/mol. The third-order valence-electron chi connectivity index (χ3n) is 7.10. The monoisotopic (exact) mass is 512 g/mol. The minimum Gasteiger partial charge on any atom is -0.493 e. The molecule has 2 aliphatic heterocycles. The van der Waals surface area contributed by atoms with Crippen molar-refractivity contribution in [3.63, 3.8) is 0 Å². The summed E-state index contributed by atoms with van der Waals surface area (Å²) < 4.78 is 19.0. The smallest absolute Gasteiger partial charge is 0.408 e. The van der Waals surface area contributed by atoms with Crippen molar-refractivity contribution in [1.82, 2.24) is 10.2 Å². The number of alkyl carbamates (subject to hydrolysis) is 1. The summed E-state index contributed by atoms with van der Waals surface area (Å²) in [4.78, 5) is 15.0. The summed E-state index contributed by atoms with van der Waals surface area (Å²) in [5.41, 5.74) is 3.24. The Balaban J connectivity index is 1.38. The lowest BCUT2D eigenvalue weighted by Gasteiger charge is -2.36. The van der Waals surface area contributed by atoms with Crippen LogP contribution < -0.4 is 14.8 Å². The van der Waals surface area contributed by atoms with Gasteiger partial charge in [-0.3, -0.25) is 0 Å². The molecule has 4 atom stereocenters. The number of ether oxygens (including phenoxy) is 3. The number of hydrogen-bond acceptors (Lipinski definition) is 5. The molecule has 3 aliphatic rings. The van der Waals surface area contributed by atoms with Gasteiger partial charge in [-0.25, -0.2) is 4.79 Å². The maximum atomic E-state index is 12.6. The summed E-state index contributed by atoms with van der Waals surface area (Å²) in [6, 6.07) is 11.7. The molecule has 1 amide bonds. The number of halogens is 1. The molecule has 2 unspecified atom stereocenters. The number of methoxy groups -OCH3 is 1. The van der Waals surface area contributed by atoms with E-state index in [0.29, 0.717) is 6.42 Å². The number of rotatable bonds is 4. The molecule has 2 aromatic carbocycles. The first kappa shape index (κ1) is 22.3. The van der Waals surface area contributed by atoms with Gasteiger partial charge in [-0.15, -0.1) is 0 Å². The molecule has 6 nitrogen and oxygen atoms in total. The van der Waals surface area contributed by atoms with Crippen LogP contribution in [0.15, 0.2) is 53.0 Å². The Kier molecular flexibility index (Phi) is 5.87. The van der Waals surface area contributed by atoms with E-state index in [-0.39, 0.29) is 23.7 Å². The number of hydrogen-bond donors (Lipinski definition) is 1. The number of carbonyl (C=O) groups is 1. The highest BCUT2D eigenvalue weighted by atomic mass is 79.9. The molecule has 33 heavy (non-hydrogen) atoms. The molecule has 174 valence electrons. The van der Waals surface area contributed by atoms with Gasteiger partial charge in [0.2, 0.25) is 0 Å². The minimum absolute atomic E-state index is 0.115. The topological polar surface area (TPSA) is 60.0 Å². The summed E-state index contributed by atoms with van der Waals surface area (Å²) in [5.74, 6) is 1.56. The molecule has 0 saturated carbocycles. The first-order chi connectivity index (χ1) is 15.9. The molecule has 2 aromatic rings. The van der Waals surface area contributed by atoms with Crippen molar-refractivity contribution < 1.29 is 19.0 Å². The Hall–Kier alpha value is -2.51. The highest BCUT2D eigenvalue weighted by molar-refractivity contribution is 9.10. The van der Waals surface area contributed by atoms with Gasteiger partial charge in [-0.05, 0) is 50.2 Å². The quantitative estimate of drug-likeness (QED) is 0.576. The SMILES string of the molecule is COc1cc(Br)c2c3c1OC1C[C@@H](OC(=O)N[C@H](C)c4ccccc4)C=CC31CCN(C)C2. The van der Waals surface area contributed by atoms with Gasteiger partial charge in [0.05, 0.1) is 18.6 Å². The number of carbonyl (C=O) groups excluding carboxylic acids is 1. The van der Waals surface area contributed by atoms with Gasteiger partial charge in [0.15, 0.2) is 11.5 Å². The Morgan fingerprint density at radius 3 is 2.88 bits per heavy atom. The molecular weight excluding hydrogens is 484 g/mol. The maximum Gasteiger partial charge on any atom is 0.408 e. The fraction of sp³-hybridized carbons (Fsp3) is 0.423. The van der Waals surface area contributed by atoms with Gasteiger partial charge in [0.1, 0.15) is 12.2 Å². The lowest BCUT2D eigenvalue weighted by molar-refractivity contribution is 0.0594. The van der Waals surface area contributed by atoms with Gasteiger partial charge in [-0.2, -0.15) is 0 Å². The number of benzene rings is 2. The van der Waals surface area contributed by atoms with Gasteiger partial charge in [0.25, 0.3) is 0 Å². The van der Waals surface area contributed by atoms with Crippen LogP contribution in [0, 0.1) is 0 Å². The summed E-state index contributed by atoms with van der Waals surface area (Å²) in [7, 11) is 3.82. The lowest BCUT2D eigenvalue weighted by Crippen LogP contribution is -2.44. The number of nitrogens with one attached hydrogen (secondary N) is 1. The van der Waals surface area contributed by atoms with Gasteiger partial charge in [-0.1, -0.05) is 52.3 Å². The van der Waals surface area contributed by atoms with Crippen LogP contribution in [0.3, 0.4) is 0 Å². The Morgan fingerprint density at radius 1 is 1.33 bits per heavy atom. The Morgan fingerprint density at radius 2 is 2.12 bits per heavy atom. The van der Waals surface area contributed by atoms with Crippen molar-refractivity contribution in [1.29, 1.82) is 0 Å². The van der Waals surface area contributed by atoms with E-state index < -0.39 is 6.09 Å². The normalized spacial score (nSPS) is 26.4. The first-order valence-electron chi connectivity index (χ1n) is 11.4.